The molecule has 0 N–H and O–H groups in total. The van der Waals surface area contributed by atoms with E-state index in [1.54, 1.807) is 18.2 Å². The van der Waals surface area contributed by atoms with Crippen molar-refractivity contribution in [1.82, 2.24) is 0 Å². The fraction of sp³-hybridized carbons (Fsp3) is 0.357. The Bertz CT molecular complexity index is 388. The molecule has 0 amide bonds. The number of benzene rings is 1. The summed E-state index contributed by atoms with van der Waals surface area (Å²) in [5.74, 6) is 0.335. The van der Waals surface area contributed by atoms with Gasteiger partial charge in [0.05, 0.1) is 12.5 Å². The Morgan fingerprint density at radius 3 is 2.82 bits per heavy atom. The Balaban J connectivity index is 1.86. The fourth-order valence-electron chi connectivity index (χ4n) is 1.84. The molecule has 1 heterocycles. The first-order chi connectivity index (χ1) is 8.28. The SMILES string of the molecule is C=Cc1ccc(OC(=O)CC2CCCO2)cc1. The van der Waals surface area contributed by atoms with Crippen LogP contribution in [0.2, 0.25) is 0 Å². The molecule has 0 aliphatic carbocycles. The number of esters is 1. The van der Waals surface area contributed by atoms with Crippen molar-refractivity contribution < 1.29 is 14.3 Å². The molecule has 2 rings (SSSR count). The summed E-state index contributed by atoms with van der Waals surface area (Å²) in [5.41, 5.74) is 1.00. The molecule has 1 unspecified atom stereocenters. The summed E-state index contributed by atoms with van der Waals surface area (Å²) in [6.07, 6.45) is 4.10. The van der Waals surface area contributed by atoms with E-state index in [1.165, 1.54) is 0 Å². The Morgan fingerprint density at radius 1 is 1.47 bits per heavy atom. The lowest BCUT2D eigenvalue weighted by atomic mass is 10.2. The van der Waals surface area contributed by atoms with Gasteiger partial charge in [0.15, 0.2) is 0 Å². The summed E-state index contributed by atoms with van der Waals surface area (Å²) in [7, 11) is 0. The number of rotatable bonds is 4. The maximum atomic E-state index is 11.6. The summed E-state index contributed by atoms with van der Waals surface area (Å²) < 4.78 is 10.6. The molecular weight excluding hydrogens is 216 g/mol. The summed E-state index contributed by atoms with van der Waals surface area (Å²) in [5, 5.41) is 0. The highest BCUT2D eigenvalue weighted by atomic mass is 16.5. The van der Waals surface area contributed by atoms with Crippen molar-refractivity contribution in [2.24, 2.45) is 0 Å². The molecule has 1 saturated heterocycles. The van der Waals surface area contributed by atoms with E-state index < -0.39 is 0 Å². The van der Waals surface area contributed by atoms with Gasteiger partial charge in [-0.25, -0.2) is 0 Å². The molecule has 1 fully saturated rings. The molecular formula is C14H16O3. The van der Waals surface area contributed by atoms with E-state index in [-0.39, 0.29) is 12.1 Å². The molecule has 0 saturated carbocycles. The average molecular weight is 232 g/mol. The second kappa shape index (κ2) is 5.64. The van der Waals surface area contributed by atoms with Crippen LogP contribution < -0.4 is 4.74 Å². The van der Waals surface area contributed by atoms with Crippen LogP contribution in [-0.2, 0) is 9.53 Å². The van der Waals surface area contributed by atoms with Gasteiger partial charge in [-0.1, -0.05) is 24.8 Å². The molecule has 3 heteroatoms. The van der Waals surface area contributed by atoms with Crippen LogP contribution in [0, 0.1) is 0 Å². The van der Waals surface area contributed by atoms with E-state index in [0.717, 1.165) is 25.0 Å². The Hall–Kier alpha value is -1.61. The Labute approximate surface area is 101 Å². The third kappa shape index (κ3) is 3.43. The average Bonchev–Trinajstić information content (AvgIpc) is 2.82. The maximum absolute atomic E-state index is 11.6. The zero-order valence-electron chi connectivity index (χ0n) is 9.72. The highest BCUT2D eigenvalue weighted by Gasteiger charge is 2.20. The van der Waals surface area contributed by atoms with Gasteiger partial charge in [0.25, 0.3) is 0 Å². The van der Waals surface area contributed by atoms with Crippen molar-refractivity contribution >= 4 is 12.0 Å². The minimum absolute atomic E-state index is 0.0370. The van der Waals surface area contributed by atoms with E-state index in [0.29, 0.717) is 12.2 Å². The van der Waals surface area contributed by atoms with Crippen molar-refractivity contribution in [2.75, 3.05) is 6.61 Å². The Morgan fingerprint density at radius 2 is 2.24 bits per heavy atom. The topological polar surface area (TPSA) is 35.5 Å². The van der Waals surface area contributed by atoms with Gasteiger partial charge in [0.1, 0.15) is 5.75 Å². The highest BCUT2D eigenvalue weighted by Crippen LogP contribution is 2.18. The van der Waals surface area contributed by atoms with Gasteiger partial charge in [-0.3, -0.25) is 4.79 Å². The normalized spacial score (nSPS) is 18.9. The molecule has 1 aliphatic heterocycles. The molecule has 17 heavy (non-hydrogen) atoms. The van der Waals surface area contributed by atoms with E-state index in [2.05, 4.69) is 6.58 Å². The monoisotopic (exact) mass is 232 g/mol. The van der Waals surface area contributed by atoms with E-state index in [1.807, 2.05) is 12.1 Å². The fourth-order valence-corrected chi connectivity index (χ4v) is 1.84. The van der Waals surface area contributed by atoms with E-state index >= 15 is 0 Å². The number of hydrogen-bond donors (Lipinski definition) is 0. The highest BCUT2D eigenvalue weighted by molar-refractivity contribution is 5.73. The van der Waals surface area contributed by atoms with Crippen molar-refractivity contribution in [3.8, 4) is 5.75 Å². The van der Waals surface area contributed by atoms with Gasteiger partial charge < -0.3 is 9.47 Å². The van der Waals surface area contributed by atoms with Gasteiger partial charge in [0.2, 0.25) is 0 Å². The molecule has 1 aliphatic rings. The van der Waals surface area contributed by atoms with Crippen LogP contribution in [0.4, 0.5) is 0 Å². The van der Waals surface area contributed by atoms with Crippen LogP contribution in [0.15, 0.2) is 30.8 Å². The number of carbonyl (C=O) groups excluding carboxylic acids is 1. The van der Waals surface area contributed by atoms with Gasteiger partial charge in [-0.05, 0) is 30.5 Å². The summed E-state index contributed by atoms with van der Waals surface area (Å²) in [4.78, 5) is 11.6. The minimum Gasteiger partial charge on any atom is -0.426 e. The molecule has 3 nitrogen and oxygen atoms in total. The van der Waals surface area contributed by atoms with Gasteiger partial charge in [0, 0.05) is 6.61 Å². The first-order valence-corrected chi connectivity index (χ1v) is 5.83. The molecule has 1 atom stereocenters. The minimum atomic E-state index is -0.233. The zero-order valence-corrected chi connectivity index (χ0v) is 9.72. The van der Waals surface area contributed by atoms with E-state index in [9.17, 15) is 4.79 Å². The first-order valence-electron chi connectivity index (χ1n) is 5.83. The van der Waals surface area contributed by atoms with Crippen LogP contribution in [0.1, 0.15) is 24.8 Å². The third-order valence-corrected chi connectivity index (χ3v) is 2.77. The van der Waals surface area contributed by atoms with Gasteiger partial charge in [-0.15, -0.1) is 0 Å². The van der Waals surface area contributed by atoms with Crippen LogP contribution in [0.25, 0.3) is 6.08 Å². The smallest absolute Gasteiger partial charge is 0.313 e. The molecule has 1 aromatic rings. The largest absolute Gasteiger partial charge is 0.426 e. The van der Waals surface area contributed by atoms with E-state index in [4.69, 9.17) is 9.47 Å². The van der Waals surface area contributed by atoms with Crippen LogP contribution >= 0.6 is 0 Å². The van der Waals surface area contributed by atoms with Crippen molar-refractivity contribution in [1.29, 1.82) is 0 Å². The zero-order chi connectivity index (χ0) is 12.1. The molecule has 1 aromatic carbocycles. The predicted octanol–water partition coefficient (Wildman–Crippen LogP) is 2.80. The van der Waals surface area contributed by atoms with Gasteiger partial charge in [-0.2, -0.15) is 0 Å². The second-order valence-electron chi connectivity index (χ2n) is 4.09. The number of hydrogen-bond acceptors (Lipinski definition) is 3. The van der Waals surface area contributed by atoms with Crippen LogP contribution in [0.3, 0.4) is 0 Å². The standard InChI is InChI=1S/C14H16O3/c1-2-11-5-7-12(8-6-11)17-14(15)10-13-4-3-9-16-13/h2,5-8,13H,1,3-4,9-10H2. The first kappa shape index (κ1) is 11.9. The summed E-state index contributed by atoms with van der Waals surface area (Å²) in [6.45, 7) is 4.42. The van der Waals surface area contributed by atoms with Crippen molar-refractivity contribution in [3.05, 3.63) is 36.4 Å². The van der Waals surface area contributed by atoms with Crippen molar-refractivity contribution in [2.45, 2.75) is 25.4 Å². The molecule has 0 bridgehead atoms. The lowest BCUT2D eigenvalue weighted by molar-refractivity contribution is -0.136. The molecule has 0 radical (unpaired) electrons. The van der Waals surface area contributed by atoms with Crippen molar-refractivity contribution in [3.63, 3.8) is 0 Å². The van der Waals surface area contributed by atoms with Crippen LogP contribution in [0.5, 0.6) is 5.75 Å². The quantitative estimate of drug-likeness (QED) is 0.591. The number of carbonyl (C=O) groups is 1. The lowest BCUT2D eigenvalue weighted by Crippen LogP contribution is -2.17. The van der Waals surface area contributed by atoms with Crippen LogP contribution in [-0.4, -0.2) is 18.7 Å². The van der Waals surface area contributed by atoms with Gasteiger partial charge >= 0.3 is 5.97 Å². The summed E-state index contributed by atoms with van der Waals surface area (Å²) in [6, 6.07) is 7.26. The molecule has 90 valence electrons. The third-order valence-electron chi connectivity index (χ3n) is 2.77. The lowest BCUT2D eigenvalue weighted by Gasteiger charge is -2.08. The Kier molecular flexibility index (Phi) is 3.94. The number of ether oxygens (including phenoxy) is 2. The second-order valence-corrected chi connectivity index (χ2v) is 4.09. The molecule has 0 spiro atoms. The molecule has 0 aromatic heterocycles. The predicted molar refractivity (Wildman–Crippen MR) is 65.8 cm³/mol. The maximum Gasteiger partial charge on any atom is 0.313 e. The summed E-state index contributed by atoms with van der Waals surface area (Å²) >= 11 is 0.